The van der Waals surface area contributed by atoms with E-state index in [1.807, 2.05) is 0 Å². The molecule has 30 heavy (non-hydrogen) atoms. The Morgan fingerprint density at radius 1 is 1.07 bits per heavy atom. The average Bonchev–Trinajstić information content (AvgIpc) is 2.79. The number of benzene rings is 2. The number of carbonyl (C=O) groups excluding carboxylic acids is 2. The fraction of sp³-hybridized carbons (Fsp3) is 0.300. The number of methoxy groups -OCH3 is 1. The molecule has 0 aliphatic carbocycles. The number of sulfonamides is 1. The number of anilines is 1. The van der Waals surface area contributed by atoms with E-state index in [-0.39, 0.29) is 30.2 Å². The molecule has 0 unspecified atom stereocenters. The summed E-state index contributed by atoms with van der Waals surface area (Å²) in [6.45, 7) is 0.890. The summed E-state index contributed by atoms with van der Waals surface area (Å²) in [6.07, 6.45) is 0. The highest BCUT2D eigenvalue weighted by molar-refractivity contribution is 7.89. The lowest BCUT2D eigenvalue weighted by Crippen LogP contribution is -2.41. The van der Waals surface area contributed by atoms with Crippen LogP contribution in [0.15, 0.2) is 53.4 Å². The summed E-state index contributed by atoms with van der Waals surface area (Å²) >= 11 is 0. The van der Waals surface area contributed by atoms with Crippen molar-refractivity contribution in [1.82, 2.24) is 4.31 Å². The van der Waals surface area contributed by atoms with Gasteiger partial charge in [-0.3, -0.25) is 4.79 Å². The minimum Gasteiger partial charge on any atom is -0.482 e. The van der Waals surface area contributed by atoms with Gasteiger partial charge in [-0.25, -0.2) is 13.2 Å². The largest absolute Gasteiger partial charge is 0.482 e. The number of hydrogen-bond acceptors (Lipinski definition) is 7. The summed E-state index contributed by atoms with van der Waals surface area (Å²) in [7, 11) is -2.56. The van der Waals surface area contributed by atoms with Crippen molar-refractivity contribution in [2.75, 3.05) is 45.3 Å². The van der Waals surface area contributed by atoms with Crippen molar-refractivity contribution in [3.8, 4) is 5.75 Å². The lowest BCUT2D eigenvalue weighted by Gasteiger charge is -2.26. The van der Waals surface area contributed by atoms with E-state index in [1.54, 1.807) is 36.4 Å². The van der Waals surface area contributed by atoms with Crippen LogP contribution in [0, 0.1) is 0 Å². The molecule has 1 aliphatic rings. The third-order valence-corrected chi connectivity index (χ3v) is 6.37. The highest BCUT2D eigenvalue weighted by atomic mass is 32.2. The van der Waals surface area contributed by atoms with E-state index in [9.17, 15) is 18.0 Å². The number of morpholine rings is 1. The van der Waals surface area contributed by atoms with Gasteiger partial charge in [-0.15, -0.1) is 0 Å². The van der Waals surface area contributed by atoms with Crippen LogP contribution in [0.3, 0.4) is 0 Å². The predicted octanol–water partition coefficient (Wildman–Crippen LogP) is 1.51. The molecule has 9 nitrogen and oxygen atoms in total. The van der Waals surface area contributed by atoms with Gasteiger partial charge in [0.1, 0.15) is 5.75 Å². The van der Waals surface area contributed by atoms with Crippen molar-refractivity contribution in [1.29, 1.82) is 0 Å². The van der Waals surface area contributed by atoms with Crippen LogP contribution in [-0.4, -0.2) is 64.6 Å². The minimum absolute atomic E-state index is 0.0509. The molecule has 0 aromatic heterocycles. The predicted molar refractivity (Wildman–Crippen MR) is 108 cm³/mol. The Balaban J connectivity index is 1.74. The van der Waals surface area contributed by atoms with Gasteiger partial charge in [-0.2, -0.15) is 4.31 Å². The van der Waals surface area contributed by atoms with Gasteiger partial charge in [-0.05, 0) is 36.4 Å². The second-order valence-electron chi connectivity index (χ2n) is 6.36. The number of ether oxygens (including phenoxy) is 3. The molecule has 10 heteroatoms. The number of esters is 1. The van der Waals surface area contributed by atoms with E-state index in [0.717, 1.165) is 0 Å². The van der Waals surface area contributed by atoms with Gasteiger partial charge in [0.25, 0.3) is 5.91 Å². The summed E-state index contributed by atoms with van der Waals surface area (Å²) in [5, 5.41) is 2.68. The van der Waals surface area contributed by atoms with Gasteiger partial charge in [0.05, 0.1) is 30.8 Å². The minimum atomic E-state index is -3.83. The molecular formula is C20H22N2O7S. The molecule has 1 saturated heterocycles. The third kappa shape index (κ3) is 5.15. The number of carbonyl (C=O) groups is 2. The van der Waals surface area contributed by atoms with E-state index in [1.165, 1.54) is 23.5 Å². The first-order chi connectivity index (χ1) is 14.4. The second kappa shape index (κ2) is 9.70. The molecule has 1 aliphatic heterocycles. The quantitative estimate of drug-likeness (QED) is 0.658. The number of hydrogen-bond donors (Lipinski definition) is 1. The van der Waals surface area contributed by atoms with Crippen molar-refractivity contribution in [3.05, 3.63) is 54.1 Å². The van der Waals surface area contributed by atoms with Crippen LogP contribution in [0.1, 0.15) is 10.4 Å². The first kappa shape index (κ1) is 21.8. The van der Waals surface area contributed by atoms with Crippen molar-refractivity contribution in [2.45, 2.75) is 4.90 Å². The monoisotopic (exact) mass is 434 g/mol. The van der Waals surface area contributed by atoms with Crippen LogP contribution in [0.2, 0.25) is 0 Å². The normalized spacial score (nSPS) is 14.7. The topological polar surface area (TPSA) is 111 Å². The Hall–Kier alpha value is -2.95. The van der Waals surface area contributed by atoms with Crippen molar-refractivity contribution >= 4 is 27.6 Å². The summed E-state index contributed by atoms with van der Waals surface area (Å²) in [5.74, 6) is -0.634. The standard InChI is InChI=1S/C20H22N2O7S/c1-27-19(23)14-29-16-8-6-15(7-9-16)21-20(24)17-4-2-3-5-18(17)30(25,26)22-10-12-28-13-11-22/h2-9H,10-14H2,1H3,(H,21,24). The van der Waals surface area contributed by atoms with Crippen LogP contribution in [0.5, 0.6) is 5.75 Å². The molecule has 1 fully saturated rings. The Labute approximate surface area is 174 Å². The molecule has 1 amide bonds. The van der Waals surface area contributed by atoms with Crippen LogP contribution < -0.4 is 10.1 Å². The molecule has 0 radical (unpaired) electrons. The average molecular weight is 434 g/mol. The molecule has 0 spiro atoms. The smallest absolute Gasteiger partial charge is 0.343 e. The maximum Gasteiger partial charge on any atom is 0.343 e. The molecule has 2 aromatic carbocycles. The maximum atomic E-state index is 13.0. The van der Waals surface area contributed by atoms with E-state index in [0.29, 0.717) is 24.7 Å². The first-order valence-corrected chi connectivity index (χ1v) is 10.6. The fourth-order valence-electron chi connectivity index (χ4n) is 2.84. The summed E-state index contributed by atoms with van der Waals surface area (Å²) in [5.41, 5.74) is 0.499. The molecule has 1 N–H and O–H groups in total. The molecule has 0 atom stereocenters. The SMILES string of the molecule is COC(=O)COc1ccc(NC(=O)c2ccccc2S(=O)(=O)N2CCOCC2)cc1. The van der Waals surface area contributed by atoms with Gasteiger partial charge in [0.2, 0.25) is 10.0 Å². The van der Waals surface area contributed by atoms with E-state index in [4.69, 9.17) is 9.47 Å². The lowest BCUT2D eigenvalue weighted by atomic mass is 10.2. The summed E-state index contributed by atoms with van der Waals surface area (Å²) in [4.78, 5) is 23.9. The van der Waals surface area contributed by atoms with Gasteiger partial charge in [0.15, 0.2) is 6.61 Å². The number of nitrogens with one attached hydrogen (secondary N) is 1. The Morgan fingerprint density at radius 2 is 1.73 bits per heavy atom. The van der Waals surface area contributed by atoms with Crippen molar-refractivity contribution in [2.24, 2.45) is 0 Å². The molecule has 3 rings (SSSR count). The van der Waals surface area contributed by atoms with Gasteiger partial charge in [-0.1, -0.05) is 12.1 Å². The molecular weight excluding hydrogens is 412 g/mol. The van der Waals surface area contributed by atoms with Crippen LogP contribution >= 0.6 is 0 Å². The molecule has 0 bridgehead atoms. The van der Waals surface area contributed by atoms with Gasteiger partial charge >= 0.3 is 5.97 Å². The maximum absolute atomic E-state index is 13.0. The van der Waals surface area contributed by atoms with E-state index >= 15 is 0 Å². The van der Waals surface area contributed by atoms with Crippen molar-refractivity contribution in [3.63, 3.8) is 0 Å². The molecule has 1 heterocycles. The Kier molecular flexibility index (Phi) is 7.03. The zero-order valence-electron chi connectivity index (χ0n) is 16.4. The number of amides is 1. The first-order valence-electron chi connectivity index (χ1n) is 9.20. The molecule has 160 valence electrons. The highest BCUT2D eigenvalue weighted by Crippen LogP contribution is 2.23. The zero-order valence-corrected chi connectivity index (χ0v) is 17.2. The van der Waals surface area contributed by atoms with E-state index < -0.39 is 21.9 Å². The Bertz CT molecular complexity index is 1000. The van der Waals surface area contributed by atoms with Gasteiger partial charge in [0, 0.05) is 18.8 Å². The van der Waals surface area contributed by atoms with Gasteiger partial charge < -0.3 is 19.5 Å². The van der Waals surface area contributed by atoms with Crippen LogP contribution in [0.4, 0.5) is 5.69 Å². The van der Waals surface area contributed by atoms with Crippen molar-refractivity contribution < 1.29 is 32.2 Å². The van der Waals surface area contributed by atoms with Crippen LogP contribution in [0.25, 0.3) is 0 Å². The Morgan fingerprint density at radius 3 is 2.40 bits per heavy atom. The zero-order chi connectivity index (χ0) is 21.6. The lowest BCUT2D eigenvalue weighted by molar-refractivity contribution is -0.142. The highest BCUT2D eigenvalue weighted by Gasteiger charge is 2.30. The number of rotatable bonds is 7. The molecule has 2 aromatic rings. The fourth-order valence-corrected chi connectivity index (χ4v) is 4.44. The van der Waals surface area contributed by atoms with E-state index in [2.05, 4.69) is 10.1 Å². The second-order valence-corrected chi connectivity index (χ2v) is 8.26. The molecule has 0 saturated carbocycles. The third-order valence-electron chi connectivity index (χ3n) is 4.42. The van der Waals surface area contributed by atoms with Crippen LogP contribution in [-0.2, 0) is 24.3 Å². The summed E-state index contributed by atoms with van der Waals surface area (Å²) in [6, 6.07) is 12.4. The number of nitrogens with zero attached hydrogens (tertiary/aromatic N) is 1. The summed E-state index contributed by atoms with van der Waals surface area (Å²) < 4.78 is 42.3.